The standard InChI is InChI=1S/C26H25N5O5/c1-17-23(24(29-36-17)18-7-3-2-4-8-18)25-28-27-22(35-25)15-30-11-13-31(14-12-30)26(32)21-16-33-19-9-5-6-10-20(19)34-21/h2-10,21H,11-16H2,1H3/t21-/m0/s1. The number of benzene rings is 2. The van der Waals surface area contributed by atoms with Crippen LogP contribution in [0.2, 0.25) is 0 Å². The largest absolute Gasteiger partial charge is 0.485 e. The summed E-state index contributed by atoms with van der Waals surface area (Å²) in [6.45, 7) is 5.10. The first-order valence-corrected chi connectivity index (χ1v) is 11.9. The van der Waals surface area contributed by atoms with Crippen LogP contribution in [0.5, 0.6) is 11.5 Å². The average Bonchev–Trinajstić information content (AvgIpc) is 3.55. The maximum atomic E-state index is 13.0. The summed E-state index contributed by atoms with van der Waals surface area (Å²) in [5.41, 5.74) is 2.29. The Bertz CT molecular complexity index is 1360. The van der Waals surface area contributed by atoms with Crippen LogP contribution >= 0.6 is 0 Å². The molecule has 4 heterocycles. The fourth-order valence-corrected chi connectivity index (χ4v) is 4.50. The minimum atomic E-state index is -0.629. The highest BCUT2D eigenvalue weighted by Crippen LogP contribution is 2.34. The summed E-state index contributed by atoms with van der Waals surface area (Å²) in [4.78, 5) is 17.0. The van der Waals surface area contributed by atoms with E-state index in [2.05, 4.69) is 20.3 Å². The summed E-state index contributed by atoms with van der Waals surface area (Å²) >= 11 is 0. The van der Waals surface area contributed by atoms with Gasteiger partial charge in [0.1, 0.15) is 23.6 Å². The second-order valence-corrected chi connectivity index (χ2v) is 8.80. The van der Waals surface area contributed by atoms with Gasteiger partial charge < -0.3 is 23.3 Å². The maximum absolute atomic E-state index is 13.0. The summed E-state index contributed by atoms with van der Waals surface area (Å²) in [5, 5.41) is 12.7. The molecule has 6 rings (SSSR count). The maximum Gasteiger partial charge on any atom is 0.267 e. The van der Waals surface area contributed by atoms with Crippen LogP contribution in [0.25, 0.3) is 22.7 Å². The Kier molecular flexibility index (Phi) is 5.86. The van der Waals surface area contributed by atoms with E-state index in [1.165, 1.54) is 0 Å². The molecular weight excluding hydrogens is 462 g/mol. The molecule has 2 aliphatic heterocycles. The van der Waals surface area contributed by atoms with Gasteiger partial charge in [-0.05, 0) is 19.1 Å². The van der Waals surface area contributed by atoms with Gasteiger partial charge in [-0.3, -0.25) is 9.69 Å². The number of piperazine rings is 1. The molecule has 2 aromatic heterocycles. The molecule has 0 spiro atoms. The fourth-order valence-electron chi connectivity index (χ4n) is 4.50. The Morgan fingerprint density at radius 2 is 1.72 bits per heavy atom. The van der Waals surface area contributed by atoms with Gasteiger partial charge in [0.2, 0.25) is 12.0 Å². The predicted octanol–water partition coefficient (Wildman–Crippen LogP) is 3.18. The summed E-state index contributed by atoms with van der Waals surface area (Å²) in [5.74, 6) is 2.72. The number of aryl methyl sites for hydroxylation is 1. The van der Waals surface area contributed by atoms with Gasteiger partial charge >= 0.3 is 0 Å². The van der Waals surface area contributed by atoms with Crippen LogP contribution < -0.4 is 9.47 Å². The Labute approximate surface area is 207 Å². The van der Waals surface area contributed by atoms with Crippen molar-refractivity contribution in [2.24, 2.45) is 0 Å². The molecule has 1 amide bonds. The van der Waals surface area contributed by atoms with Crippen molar-refractivity contribution in [1.82, 2.24) is 25.2 Å². The molecule has 0 unspecified atom stereocenters. The second kappa shape index (κ2) is 9.46. The van der Waals surface area contributed by atoms with Crippen molar-refractivity contribution in [2.75, 3.05) is 32.8 Å². The lowest BCUT2D eigenvalue weighted by molar-refractivity contribution is -0.143. The van der Waals surface area contributed by atoms with E-state index in [-0.39, 0.29) is 12.5 Å². The van der Waals surface area contributed by atoms with Crippen LogP contribution in [0.15, 0.2) is 63.5 Å². The number of carbonyl (C=O) groups is 1. The van der Waals surface area contributed by atoms with Crippen molar-refractivity contribution >= 4 is 5.91 Å². The highest BCUT2D eigenvalue weighted by molar-refractivity contribution is 5.82. The number of ether oxygens (including phenoxy) is 2. The zero-order valence-corrected chi connectivity index (χ0v) is 19.8. The Morgan fingerprint density at radius 3 is 2.53 bits per heavy atom. The number of fused-ring (bicyclic) bond motifs is 1. The monoisotopic (exact) mass is 487 g/mol. The first kappa shape index (κ1) is 22.3. The van der Waals surface area contributed by atoms with E-state index in [4.69, 9.17) is 18.4 Å². The molecule has 184 valence electrons. The summed E-state index contributed by atoms with van der Waals surface area (Å²) in [7, 11) is 0. The van der Waals surface area contributed by atoms with Gasteiger partial charge in [-0.15, -0.1) is 10.2 Å². The lowest BCUT2D eigenvalue weighted by atomic mass is 10.1. The molecule has 4 aromatic rings. The molecule has 10 nitrogen and oxygen atoms in total. The van der Waals surface area contributed by atoms with Crippen LogP contribution in [-0.2, 0) is 11.3 Å². The number of rotatable bonds is 5. The van der Waals surface area contributed by atoms with Crippen molar-refractivity contribution < 1.29 is 23.2 Å². The Balaban J connectivity index is 1.07. The number of hydrogen-bond acceptors (Lipinski definition) is 9. The van der Waals surface area contributed by atoms with Crippen LogP contribution in [0.4, 0.5) is 0 Å². The number of para-hydroxylation sites is 2. The number of hydrogen-bond donors (Lipinski definition) is 0. The summed E-state index contributed by atoms with van der Waals surface area (Å²) < 4.78 is 23.0. The smallest absolute Gasteiger partial charge is 0.267 e. The van der Waals surface area contributed by atoms with Crippen molar-refractivity contribution in [3.8, 4) is 34.2 Å². The molecule has 0 saturated carbocycles. The third-order valence-corrected chi connectivity index (χ3v) is 6.42. The van der Waals surface area contributed by atoms with Crippen LogP contribution in [0.3, 0.4) is 0 Å². The molecule has 1 saturated heterocycles. The van der Waals surface area contributed by atoms with Gasteiger partial charge in [0.25, 0.3) is 11.8 Å². The highest BCUT2D eigenvalue weighted by Gasteiger charge is 2.33. The van der Waals surface area contributed by atoms with E-state index in [1.54, 1.807) is 0 Å². The second-order valence-electron chi connectivity index (χ2n) is 8.80. The van der Waals surface area contributed by atoms with Crippen LogP contribution in [0.1, 0.15) is 11.7 Å². The molecule has 0 bridgehead atoms. The number of amides is 1. The molecule has 1 fully saturated rings. The van der Waals surface area contributed by atoms with E-state index in [0.717, 1.165) is 5.56 Å². The minimum Gasteiger partial charge on any atom is -0.485 e. The lowest BCUT2D eigenvalue weighted by Gasteiger charge is -2.36. The normalized spacial score (nSPS) is 17.8. The number of aromatic nitrogens is 3. The molecule has 0 N–H and O–H groups in total. The third kappa shape index (κ3) is 4.31. The van der Waals surface area contributed by atoms with E-state index >= 15 is 0 Å². The first-order chi connectivity index (χ1) is 17.7. The molecule has 2 aromatic carbocycles. The quantitative estimate of drug-likeness (QED) is 0.419. The lowest BCUT2D eigenvalue weighted by Crippen LogP contribution is -2.53. The number of nitrogens with zero attached hydrogens (tertiary/aromatic N) is 5. The van der Waals surface area contributed by atoms with E-state index in [1.807, 2.05) is 66.4 Å². The van der Waals surface area contributed by atoms with E-state index in [0.29, 0.717) is 73.0 Å². The van der Waals surface area contributed by atoms with Crippen molar-refractivity contribution in [3.63, 3.8) is 0 Å². The molecule has 36 heavy (non-hydrogen) atoms. The summed E-state index contributed by atoms with van der Waals surface area (Å²) in [6.07, 6.45) is -0.629. The molecule has 10 heteroatoms. The van der Waals surface area contributed by atoms with Gasteiger partial charge in [0, 0.05) is 31.7 Å². The molecule has 2 aliphatic rings. The zero-order chi connectivity index (χ0) is 24.5. The fraction of sp³-hybridized carbons (Fsp3) is 0.308. The van der Waals surface area contributed by atoms with Crippen molar-refractivity contribution in [1.29, 1.82) is 0 Å². The van der Waals surface area contributed by atoms with Crippen molar-refractivity contribution in [2.45, 2.75) is 19.6 Å². The van der Waals surface area contributed by atoms with Crippen LogP contribution in [-0.4, -0.2) is 70.0 Å². The van der Waals surface area contributed by atoms with Gasteiger partial charge in [0.15, 0.2) is 11.5 Å². The molecule has 0 radical (unpaired) electrons. The van der Waals surface area contributed by atoms with Gasteiger partial charge in [0.05, 0.1) is 6.54 Å². The van der Waals surface area contributed by atoms with E-state index < -0.39 is 6.10 Å². The first-order valence-electron chi connectivity index (χ1n) is 11.9. The van der Waals surface area contributed by atoms with E-state index in [9.17, 15) is 4.79 Å². The minimum absolute atomic E-state index is 0.0550. The molecule has 0 aliphatic carbocycles. The Morgan fingerprint density at radius 1 is 0.972 bits per heavy atom. The molecule has 1 atom stereocenters. The topological polar surface area (TPSA) is 107 Å². The highest BCUT2D eigenvalue weighted by atomic mass is 16.6. The van der Waals surface area contributed by atoms with Gasteiger partial charge in [-0.2, -0.15) is 0 Å². The Hall–Kier alpha value is -4.18. The SMILES string of the molecule is Cc1onc(-c2ccccc2)c1-c1nnc(CN2CCN(C(=O)[C@@H]3COc4ccccc4O3)CC2)o1. The van der Waals surface area contributed by atoms with Crippen molar-refractivity contribution in [3.05, 3.63) is 66.2 Å². The van der Waals surface area contributed by atoms with Gasteiger partial charge in [-0.25, -0.2) is 0 Å². The van der Waals surface area contributed by atoms with Gasteiger partial charge in [-0.1, -0.05) is 47.6 Å². The zero-order valence-electron chi connectivity index (χ0n) is 19.8. The third-order valence-electron chi connectivity index (χ3n) is 6.42. The summed E-state index contributed by atoms with van der Waals surface area (Å²) in [6, 6.07) is 17.2. The number of carbonyl (C=O) groups excluding carboxylic acids is 1. The van der Waals surface area contributed by atoms with Crippen LogP contribution in [0, 0.1) is 6.92 Å². The average molecular weight is 488 g/mol. The molecular formula is C26H25N5O5. The predicted molar refractivity (Wildman–Crippen MR) is 128 cm³/mol.